The van der Waals surface area contributed by atoms with Gasteiger partial charge in [-0.1, -0.05) is 78.9 Å². The van der Waals surface area contributed by atoms with Gasteiger partial charge in [0, 0.05) is 29.2 Å². The SMILES string of the molecule is CC(=Nc1cccc(-c2ccccc2)c1-c1ccccc1)c1cccnc1.C[C]([Fe])=Nc1cccc(-c2ccccc2)c1-c1ccccc1. The van der Waals surface area contributed by atoms with Crippen molar-refractivity contribution in [2.45, 2.75) is 13.8 Å². The van der Waals surface area contributed by atoms with E-state index < -0.39 is 0 Å². The molecule has 7 rings (SSSR count). The van der Waals surface area contributed by atoms with Crippen LogP contribution in [0.2, 0.25) is 0 Å². The molecule has 0 fully saturated rings. The van der Waals surface area contributed by atoms with E-state index in [2.05, 4.69) is 153 Å². The van der Waals surface area contributed by atoms with E-state index in [0.29, 0.717) is 0 Å². The molecule has 0 saturated heterocycles. The second-order valence-electron chi connectivity index (χ2n) is 11.4. The molecule has 0 aliphatic carbocycles. The molecule has 239 valence electrons. The molecule has 0 saturated carbocycles. The van der Waals surface area contributed by atoms with Gasteiger partial charge in [-0.25, -0.2) is 0 Å². The number of nitrogens with zero attached hydrogens (tertiary/aromatic N) is 3. The van der Waals surface area contributed by atoms with Crippen LogP contribution < -0.4 is 0 Å². The third kappa shape index (κ3) is 8.44. The fourth-order valence-electron chi connectivity index (χ4n) is 5.78. The van der Waals surface area contributed by atoms with Crippen molar-refractivity contribution in [3.05, 3.63) is 188 Å². The molecule has 1 heterocycles. The zero-order valence-corrected chi connectivity index (χ0v) is 28.6. The van der Waals surface area contributed by atoms with Crippen LogP contribution >= 0.6 is 0 Å². The molecule has 0 N–H and O–H groups in total. The van der Waals surface area contributed by atoms with E-state index in [1.165, 1.54) is 27.8 Å². The first kappa shape index (κ1) is 33.2. The van der Waals surface area contributed by atoms with Crippen molar-refractivity contribution in [1.82, 2.24) is 4.98 Å². The Kier molecular flexibility index (Phi) is 11.1. The Labute approximate surface area is 297 Å². The summed E-state index contributed by atoms with van der Waals surface area (Å²) in [6, 6.07) is 58.3. The van der Waals surface area contributed by atoms with Crippen LogP contribution in [0, 0.1) is 0 Å². The van der Waals surface area contributed by atoms with Gasteiger partial charge < -0.3 is 0 Å². The molecule has 0 atom stereocenters. The number of aromatic nitrogens is 1. The van der Waals surface area contributed by atoms with Crippen molar-refractivity contribution in [3.8, 4) is 44.5 Å². The van der Waals surface area contributed by atoms with E-state index in [9.17, 15) is 0 Å². The van der Waals surface area contributed by atoms with Crippen molar-refractivity contribution in [2.75, 3.05) is 0 Å². The minimum atomic E-state index is 0.808. The zero-order valence-electron chi connectivity index (χ0n) is 27.5. The third-order valence-electron chi connectivity index (χ3n) is 8.02. The summed E-state index contributed by atoms with van der Waals surface area (Å²) < 4.78 is 0.808. The summed E-state index contributed by atoms with van der Waals surface area (Å²) in [4.78, 5) is 13.8. The first-order valence-corrected chi connectivity index (χ1v) is 16.8. The Hall–Kier alpha value is -5.67. The molecule has 7 aromatic rings. The first-order valence-electron chi connectivity index (χ1n) is 16.2. The number of pyridine rings is 1. The summed E-state index contributed by atoms with van der Waals surface area (Å²) in [5.41, 5.74) is 13.3. The van der Waals surface area contributed by atoms with Gasteiger partial charge in [-0.15, -0.1) is 0 Å². The Bertz CT molecular complexity index is 2160. The molecule has 0 bridgehead atoms. The number of hydrogen-bond acceptors (Lipinski definition) is 3. The van der Waals surface area contributed by atoms with Crippen molar-refractivity contribution >= 4 is 21.7 Å². The Balaban J connectivity index is 0.000000174. The summed E-state index contributed by atoms with van der Waals surface area (Å²) in [6.45, 7) is 3.95. The molecule has 0 aliphatic rings. The molecule has 0 radical (unpaired) electrons. The van der Waals surface area contributed by atoms with E-state index in [1.54, 1.807) is 6.20 Å². The van der Waals surface area contributed by atoms with Gasteiger partial charge in [0.2, 0.25) is 0 Å². The van der Waals surface area contributed by atoms with E-state index in [4.69, 9.17) is 4.99 Å². The second kappa shape index (κ2) is 16.4. The molecule has 0 spiro atoms. The average molecular weight is 675 g/mol. The van der Waals surface area contributed by atoms with Crippen LogP contribution in [0.5, 0.6) is 0 Å². The summed E-state index contributed by atoms with van der Waals surface area (Å²) in [6.07, 6.45) is 3.63. The van der Waals surface area contributed by atoms with Gasteiger partial charge in [-0.2, -0.15) is 0 Å². The van der Waals surface area contributed by atoms with Gasteiger partial charge >= 0.3 is 139 Å². The topological polar surface area (TPSA) is 37.6 Å². The number of hydrogen-bond donors (Lipinski definition) is 0. The molecule has 1 aromatic heterocycles. The Morgan fingerprint density at radius 3 is 1.29 bits per heavy atom. The molecule has 0 amide bonds. The van der Waals surface area contributed by atoms with Crippen LogP contribution in [-0.2, 0) is 16.0 Å². The van der Waals surface area contributed by atoms with Crippen LogP contribution in [0.4, 0.5) is 11.4 Å². The summed E-state index contributed by atoms with van der Waals surface area (Å²) >= 11 is 3.92. The maximum absolute atomic E-state index is 4.97. The van der Waals surface area contributed by atoms with Crippen LogP contribution in [0.15, 0.2) is 192 Å². The monoisotopic (exact) mass is 674 g/mol. The quantitative estimate of drug-likeness (QED) is 0.122. The standard InChI is InChI=1S/C25H20N2.C20H16N.Fe/c1-19(22-14-9-17-26-18-22)27-24-16-8-15-23(20-10-4-2-5-11-20)25(24)21-12-6-3-7-13-21;1-2-21-19-15-9-14-18(16-10-5-3-6-11-16)20(19)17-12-7-4-8-13-17;/h2-18H,1H3;3-15H,1H3;. The zero-order chi connectivity index (χ0) is 33.8. The van der Waals surface area contributed by atoms with Crippen molar-refractivity contribution in [2.24, 2.45) is 9.98 Å². The van der Waals surface area contributed by atoms with Gasteiger partial charge in [-0.05, 0) is 35.7 Å². The van der Waals surface area contributed by atoms with Crippen molar-refractivity contribution in [1.29, 1.82) is 0 Å². The van der Waals surface area contributed by atoms with Crippen LogP contribution in [0.25, 0.3) is 44.5 Å². The van der Waals surface area contributed by atoms with Gasteiger partial charge in [0.1, 0.15) is 0 Å². The van der Waals surface area contributed by atoms with Crippen LogP contribution in [0.3, 0.4) is 0 Å². The summed E-state index contributed by atoms with van der Waals surface area (Å²) in [5, 5.41) is 0. The summed E-state index contributed by atoms with van der Waals surface area (Å²) in [7, 11) is 0. The maximum atomic E-state index is 4.97. The van der Waals surface area contributed by atoms with Gasteiger partial charge in [0.05, 0.1) is 5.69 Å². The first-order chi connectivity index (χ1) is 24.1. The van der Waals surface area contributed by atoms with Gasteiger partial charge in [-0.3, -0.25) is 9.98 Å². The molecule has 3 nitrogen and oxygen atoms in total. The van der Waals surface area contributed by atoms with Crippen molar-refractivity contribution in [3.63, 3.8) is 0 Å². The van der Waals surface area contributed by atoms with Crippen LogP contribution in [0.1, 0.15) is 19.4 Å². The minimum absolute atomic E-state index is 0.808. The molecular weight excluding hydrogens is 638 g/mol. The second-order valence-corrected chi connectivity index (χ2v) is 12.2. The van der Waals surface area contributed by atoms with E-state index in [-0.39, 0.29) is 0 Å². The van der Waals surface area contributed by atoms with E-state index in [1.807, 2.05) is 62.5 Å². The molecule has 4 heteroatoms. The Morgan fingerprint density at radius 1 is 0.449 bits per heavy atom. The number of rotatable bonds is 7. The predicted octanol–water partition coefficient (Wildman–Crippen LogP) is 12.2. The predicted molar refractivity (Wildman–Crippen MR) is 204 cm³/mol. The van der Waals surface area contributed by atoms with Gasteiger partial charge in [0.15, 0.2) is 0 Å². The Morgan fingerprint density at radius 2 is 0.878 bits per heavy atom. The third-order valence-corrected chi connectivity index (χ3v) is 8.14. The number of aliphatic imine (C=N–C) groups is 2. The fourth-order valence-corrected chi connectivity index (χ4v) is 5.92. The van der Waals surface area contributed by atoms with E-state index >= 15 is 0 Å². The van der Waals surface area contributed by atoms with Crippen LogP contribution in [-0.4, -0.2) is 15.3 Å². The molecule has 0 unspecified atom stereocenters. The van der Waals surface area contributed by atoms with E-state index in [0.717, 1.165) is 44.0 Å². The average Bonchev–Trinajstić information content (AvgIpc) is 3.16. The van der Waals surface area contributed by atoms with Gasteiger partial charge in [0.25, 0.3) is 0 Å². The van der Waals surface area contributed by atoms with Crippen molar-refractivity contribution < 1.29 is 16.0 Å². The number of benzene rings is 6. The molecule has 0 aliphatic heterocycles. The normalized spacial score (nSPS) is 11.4. The fraction of sp³-hybridized carbons (Fsp3) is 0.0444. The molecule has 6 aromatic carbocycles. The molecule has 49 heavy (non-hydrogen) atoms. The summed E-state index contributed by atoms with van der Waals surface area (Å²) in [5.74, 6) is 0. The molecular formula is C45H36FeN3.